The lowest BCUT2D eigenvalue weighted by molar-refractivity contribution is 0.0904. The fourth-order valence-electron chi connectivity index (χ4n) is 3.31. The third kappa shape index (κ3) is 4.70. The lowest BCUT2D eigenvalue weighted by atomic mass is 10.0. The van der Waals surface area contributed by atoms with Gasteiger partial charge < -0.3 is 14.1 Å². The summed E-state index contributed by atoms with van der Waals surface area (Å²) in [4.78, 5) is 6.53. The number of hydrogen-bond donors (Lipinski definition) is 0. The number of aromatic nitrogens is 1. The van der Waals surface area contributed by atoms with Gasteiger partial charge in [0.15, 0.2) is 0 Å². The number of rotatable bonds is 4. The van der Waals surface area contributed by atoms with Gasteiger partial charge in [-0.3, -0.25) is 4.98 Å². The molecule has 0 unspecified atom stereocenters. The summed E-state index contributed by atoms with van der Waals surface area (Å²) in [5.74, 6) is 0.856. The number of ether oxygens (including phenoxy) is 1. The monoisotopic (exact) mass is 448 g/mol. The molecule has 146 valence electrons. The van der Waals surface area contributed by atoms with Gasteiger partial charge in [-0.05, 0) is 43.3 Å². The third-order valence-electron chi connectivity index (χ3n) is 4.52. The van der Waals surface area contributed by atoms with Crippen LogP contribution in [0.15, 0.2) is 34.9 Å². The first-order valence-electron chi connectivity index (χ1n) is 8.20. The van der Waals surface area contributed by atoms with Crippen molar-refractivity contribution in [2.75, 3.05) is 13.6 Å². The van der Waals surface area contributed by atoms with Crippen LogP contribution in [0.4, 0.5) is 0 Å². The van der Waals surface area contributed by atoms with Crippen molar-refractivity contribution in [2.45, 2.75) is 26.2 Å². The summed E-state index contributed by atoms with van der Waals surface area (Å²) in [7, 11) is 2.11. The first kappa shape index (κ1) is 22.3. The van der Waals surface area contributed by atoms with Crippen LogP contribution < -0.4 is 0 Å². The molecule has 4 rings (SSSR count). The van der Waals surface area contributed by atoms with Crippen molar-refractivity contribution in [3.8, 4) is 0 Å². The Morgan fingerprint density at radius 1 is 1.15 bits per heavy atom. The summed E-state index contributed by atoms with van der Waals surface area (Å²) in [6, 6.07) is 7.41. The Bertz CT molecular complexity index is 929. The molecule has 0 radical (unpaired) electrons. The van der Waals surface area contributed by atoms with Crippen LogP contribution in [-0.2, 0) is 30.9 Å². The molecule has 2 aromatic heterocycles. The highest BCUT2D eigenvalue weighted by atomic mass is 35.5. The molecule has 1 aromatic carbocycles. The number of halogens is 4. The number of hydrogen-bond acceptors (Lipinski definition) is 4. The summed E-state index contributed by atoms with van der Waals surface area (Å²) in [5.41, 5.74) is 4.02. The molecule has 1 aliphatic heterocycles. The van der Waals surface area contributed by atoms with E-state index in [0.717, 1.165) is 47.0 Å². The number of benzene rings is 1. The van der Waals surface area contributed by atoms with E-state index in [1.54, 1.807) is 18.3 Å². The minimum Gasteiger partial charge on any atom is -0.458 e. The van der Waals surface area contributed by atoms with Crippen LogP contribution in [0.25, 0.3) is 11.0 Å². The molecule has 0 aliphatic carbocycles. The average molecular weight is 450 g/mol. The molecule has 8 heteroatoms. The summed E-state index contributed by atoms with van der Waals surface area (Å²) in [6.45, 7) is 2.58. The molecule has 0 amide bonds. The summed E-state index contributed by atoms with van der Waals surface area (Å²) in [6.07, 6.45) is 2.60. The molecule has 0 bridgehead atoms. The molecule has 0 saturated carbocycles. The smallest absolute Gasteiger partial charge is 0.135 e. The normalized spacial score (nSPS) is 13.7. The van der Waals surface area contributed by atoms with E-state index >= 15 is 0 Å². The van der Waals surface area contributed by atoms with E-state index in [0.29, 0.717) is 18.2 Å². The van der Waals surface area contributed by atoms with Gasteiger partial charge in [0.25, 0.3) is 0 Å². The fraction of sp³-hybridized carbons (Fsp3) is 0.316. The molecule has 0 saturated heterocycles. The topological polar surface area (TPSA) is 38.5 Å². The molecule has 4 nitrogen and oxygen atoms in total. The number of nitrogens with zero attached hydrogens (tertiary/aromatic N) is 2. The minimum atomic E-state index is 0. The van der Waals surface area contributed by atoms with Crippen molar-refractivity contribution >= 4 is 59.0 Å². The third-order valence-corrected chi connectivity index (χ3v) is 5.11. The highest BCUT2D eigenvalue weighted by Gasteiger charge is 2.23. The number of pyridine rings is 1. The van der Waals surface area contributed by atoms with E-state index in [-0.39, 0.29) is 24.8 Å². The second-order valence-corrected chi connectivity index (χ2v) is 7.19. The SMILES string of the molecule is CN1CCc2c(Cl)ccc3oc(COCc4cc(Cl)ccn4)c(c23)C1.Cl.Cl. The maximum absolute atomic E-state index is 6.43. The summed E-state index contributed by atoms with van der Waals surface area (Å²) >= 11 is 12.4. The molecule has 27 heavy (non-hydrogen) atoms. The molecule has 3 aromatic rings. The van der Waals surface area contributed by atoms with Crippen LogP contribution in [0.2, 0.25) is 10.0 Å². The summed E-state index contributed by atoms with van der Waals surface area (Å²) < 4.78 is 11.9. The van der Waals surface area contributed by atoms with E-state index < -0.39 is 0 Å². The van der Waals surface area contributed by atoms with Crippen molar-refractivity contribution in [3.05, 3.63) is 63.1 Å². The molecule has 0 spiro atoms. The van der Waals surface area contributed by atoms with Crippen molar-refractivity contribution in [2.24, 2.45) is 0 Å². The van der Waals surface area contributed by atoms with Gasteiger partial charge in [-0.15, -0.1) is 24.8 Å². The predicted molar refractivity (Wildman–Crippen MR) is 113 cm³/mol. The molecular formula is C19H20Cl4N2O2. The van der Waals surface area contributed by atoms with Gasteiger partial charge in [0, 0.05) is 40.3 Å². The molecule has 0 N–H and O–H groups in total. The maximum Gasteiger partial charge on any atom is 0.135 e. The Kier molecular flexibility index (Phi) is 7.81. The molecular weight excluding hydrogens is 430 g/mol. The van der Waals surface area contributed by atoms with E-state index in [1.807, 2.05) is 12.1 Å². The number of furan rings is 1. The van der Waals surface area contributed by atoms with Crippen LogP contribution in [0, 0.1) is 0 Å². The van der Waals surface area contributed by atoms with Gasteiger partial charge in [-0.1, -0.05) is 23.2 Å². The average Bonchev–Trinajstić information content (AvgIpc) is 2.81. The predicted octanol–water partition coefficient (Wildman–Crippen LogP) is 5.68. The molecule has 3 heterocycles. The second kappa shape index (κ2) is 9.46. The van der Waals surface area contributed by atoms with Gasteiger partial charge in [0.1, 0.15) is 18.0 Å². The Hall–Kier alpha value is -1.01. The van der Waals surface area contributed by atoms with Crippen LogP contribution >= 0.6 is 48.0 Å². The van der Waals surface area contributed by atoms with E-state index in [4.69, 9.17) is 32.4 Å². The number of likely N-dealkylation sites (N-methyl/N-ethyl adjacent to an activating group) is 1. The van der Waals surface area contributed by atoms with Crippen molar-refractivity contribution < 1.29 is 9.15 Å². The molecule has 1 aliphatic rings. The van der Waals surface area contributed by atoms with Gasteiger partial charge in [0.05, 0.1) is 12.3 Å². The Morgan fingerprint density at radius 3 is 2.74 bits per heavy atom. The Morgan fingerprint density at radius 2 is 1.96 bits per heavy atom. The van der Waals surface area contributed by atoms with Crippen molar-refractivity contribution in [1.29, 1.82) is 0 Å². The highest BCUT2D eigenvalue weighted by Crippen LogP contribution is 2.36. The van der Waals surface area contributed by atoms with Crippen molar-refractivity contribution in [1.82, 2.24) is 9.88 Å². The minimum absolute atomic E-state index is 0. The molecule has 0 atom stereocenters. The maximum atomic E-state index is 6.43. The van der Waals surface area contributed by atoms with Crippen LogP contribution in [0.1, 0.15) is 22.6 Å². The van der Waals surface area contributed by atoms with Crippen LogP contribution in [0.5, 0.6) is 0 Å². The van der Waals surface area contributed by atoms with Gasteiger partial charge in [-0.25, -0.2) is 0 Å². The lowest BCUT2D eigenvalue weighted by Crippen LogP contribution is -2.19. The van der Waals surface area contributed by atoms with E-state index in [2.05, 4.69) is 16.9 Å². The standard InChI is InChI=1S/C19H18Cl2N2O2.2ClH/c1-23-7-5-14-16(21)2-3-17-19(14)15(9-23)18(25-17)11-24-10-13-8-12(20)4-6-22-13;;/h2-4,6,8H,5,7,9-11H2,1H3;2*1H. The summed E-state index contributed by atoms with van der Waals surface area (Å²) in [5, 5.41) is 2.61. The zero-order chi connectivity index (χ0) is 17.4. The first-order chi connectivity index (χ1) is 12.1. The quantitative estimate of drug-likeness (QED) is 0.513. The van der Waals surface area contributed by atoms with Crippen LogP contribution in [-0.4, -0.2) is 23.5 Å². The molecule has 0 fully saturated rings. The zero-order valence-electron chi connectivity index (χ0n) is 14.7. The fourth-order valence-corrected chi connectivity index (χ4v) is 3.74. The zero-order valence-corrected chi connectivity index (χ0v) is 17.9. The van der Waals surface area contributed by atoms with Crippen molar-refractivity contribution in [3.63, 3.8) is 0 Å². The van der Waals surface area contributed by atoms with E-state index in [9.17, 15) is 0 Å². The Balaban J connectivity index is 0.00000131. The highest BCUT2D eigenvalue weighted by molar-refractivity contribution is 6.32. The van der Waals surface area contributed by atoms with E-state index in [1.165, 1.54) is 11.1 Å². The Labute approximate surface area is 180 Å². The largest absolute Gasteiger partial charge is 0.458 e. The second-order valence-electron chi connectivity index (χ2n) is 6.35. The van der Waals surface area contributed by atoms with Gasteiger partial charge in [0.2, 0.25) is 0 Å². The first-order valence-corrected chi connectivity index (χ1v) is 8.96. The van der Waals surface area contributed by atoms with Gasteiger partial charge >= 0.3 is 0 Å². The lowest BCUT2D eigenvalue weighted by Gasteiger charge is -2.13. The van der Waals surface area contributed by atoms with Gasteiger partial charge in [-0.2, -0.15) is 0 Å². The van der Waals surface area contributed by atoms with Crippen LogP contribution in [0.3, 0.4) is 0 Å².